The Morgan fingerprint density at radius 1 is 1.26 bits per heavy atom. The lowest BCUT2D eigenvalue weighted by molar-refractivity contribution is 0.0517. The largest absolute Gasteiger partial charge is 0.441 e. The highest BCUT2D eigenvalue weighted by atomic mass is 16.6. The summed E-state index contributed by atoms with van der Waals surface area (Å²) in [5.74, 6) is -0.163. The van der Waals surface area contributed by atoms with E-state index in [1.807, 2.05) is 33.8 Å². The van der Waals surface area contributed by atoms with Crippen LogP contribution in [-0.4, -0.2) is 28.5 Å². The van der Waals surface area contributed by atoms with Crippen LogP contribution < -0.4 is 0 Å². The molecule has 0 spiro atoms. The molecule has 0 radical (unpaired) electrons. The van der Waals surface area contributed by atoms with Crippen molar-refractivity contribution in [3.05, 3.63) is 35.9 Å². The number of hydrogen-bond donors (Lipinski definition) is 0. The van der Waals surface area contributed by atoms with Gasteiger partial charge in [-0.15, -0.1) is 0 Å². The number of rotatable bonds is 2. The normalized spacial score (nSPS) is 21.6. The van der Waals surface area contributed by atoms with Gasteiger partial charge in [0.15, 0.2) is 0 Å². The Bertz CT molecular complexity index is 493. The number of carbonyl (C=O) groups is 2. The highest BCUT2D eigenvalue weighted by molar-refractivity contribution is 6.04. The molecule has 0 unspecified atom stereocenters. The van der Waals surface area contributed by atoms with Crippen molar-refractivity contribution in [1.82, 2.24) is 4.90 Å². The standard InChI is InChI=1S/C15H19NO3/c1-10(2)12-15(3,4)19-14(18)16(12)13(17)11-8-6-5-7-9-11/h5-10,12H,1-4H3/t12-/m0/s1. The maximum Gasteiger partial charge on any atom is 0.417 e. The van der Waals surface area contributed by atoms with Gasteiger partial charge in [0.25, 0.3) is 5.91 Å². The van der Waals surface area contributed by atoms with E-state index in [0.717, 1.165) is 0 Å². The Labute approximate surface area is 113 Å². The van der Waals surface area contributed by atoms with E-state index in [2.05, 4.69) is 0 Å². The number of imide groups is 1. The monoisotopic (exact) mass is 261 g/mol. The molecule has 1 aliphatic heterocycles. The lowest BCUT2D eigenvalue weighted by atomic mass is 9.88. The van der Waals surface area contributed by atoms with Crippen molar-refractivity contribution in [3.8, 4) is 0 Å². The van der Waals surface area contributed by atoms with Gasteiger partial charge in [-0.2, -0.15) is 0 Å². The molecule has 4 nitrogen and oxygen atoms in total. The van der Waals surface area contributed by atoms with E-state index in [0.29, 0.717) is 5.56 Å². The number of nitrogens with zero attached hydrogens (tertiary/aromatic N) is 1. The zero-order valence-electron chi connectivity index (χ0n) is 11.7. The molecule has 0 bridgehead atoms. The molecular formula is C15H19NO3. The predicted molar refractivity (Wildman–Crippen MR) is 71.8 cm³/mol. The van der Waals surface area contributed by atoms with Crippen molar-refractivity contribution in [2.45, 2.75) is 39.3 Å². The van der Waals surface area contributed by atoms with Gasteiger partial charge in [0.1, 0.15) is 5.60 Å². The van der Waals surface area contributed by atoms with E-state index in [4.69, 9.17) is 4.74 Å². The smallest absolute Gasteiger partial charge is 0.417 e. The van der Waals surface area contributed by atoms with Crippen LogP contribution in [0.3, 0.4) is 0 Å². The lowest BCUT2D eigenvalue weighted by Crippen LogP contribution is -2.48. The summed E-state index contributed by atoms with van der Waals surface area (Å²) in [6, 6.07) is 8.56. The summed E-state index contributed by atoms with van der Waals surface area (Å²) in [4.78, 5) is 25.7. The number of carbonyl (C=O) groups excluding carboxylic acids is 2. The van der Waals surface area contributed by atoms with Gasteiger partial charge in [0.05, 0.1) is 6.04 Å². The number of benzene rings is 1. The molecule has 0 aromatic heterocycles. The van der Waals surface area contributed by atoms with Crippen LogP contribution in [0.4, 0.5) is 4.79 Å². The van der Waals surface area contributed by atoms with E-state index in [-0.39, 0.29) is 17.9 Å². The Kier molecular flexibility index (Phi) is 3.35. The number of hydrogen-bond acceptors (Lipinski definition) is 3. The second kappa shape index (κ2) is 4.68. The number of ether oxygens (including phenoxy) is 1. The first kappa shape index (κ1) is 13.6. The van der Waals surface area contributed by atoms with E-state index in [1.54, 1.807) is 24.3 Å². The fourth-order valence-electron chi connectivity index (χ4n) is 2.79. The van der Waals surface area contributed by atoms with Gasteiger partial charge >= 0.3 is 6.09 Å². The highest BCUT2D eigenvalue weighted by Gasteiger charge is 2.51. The molecule has 1 saturated heterocycles. The molecule has 19 heavy (non-hydrogen) atoms. The molecule has 1 atom stereocenters. The van der Waals surface area contributed by atoms with Crippen molar-refractivity contribution in [2.24, 2.45) is 5.92 Å². The minimum absolute atomic E-state index is 0.133. The third-order valence-corrected chi connectivity index (χ3v) is 3.41. The summed E-state index contributed by atoms with van der Waals surface area (Å²) >= 11 is 0. The fourth-order valence-corrected chi connectivity index (χ4v) is 2.79. The SMILES string of the molecule is CC(C)[C@@H]1N(C(=O)c2ccccc2)C(=O)OC1(C)C. The maximum atomic E-state index is 12.5. The minimum Gasteiger partial charge on any atom is -0.441 e. The summed E-state index contributed by atoms with van der Waals surface area (Å²) in [6.07, 6.45) is -0.558. The minimum atomic E-state index is -0.657. The average Bonchev–Trinajstić information content (AvgIpc) is 2.58. The molecule has 0 saturated carbocycles. The molecule has 1 fully saturated rings. The van der Waals surface area contributed by atoms with Crippen LogP contribution in [0.5, 0.6) is 0 Å². The molecule has 2 rings (SSSR count). The van der Waals surface area contributed by atoms with Crippen molar-refractivity contribution < 1.29 is 14.3 Å². The average molecular weight is 261 g/mol. The molecule has 4 heteroatoms. The van der Waals surface area contributed by atoms with Crippen molar-refractivity contribution in [3.63, 3.8) is 0 Å². The fraction of sp³-hybridized carbons (Fsp3) is 0.467. The maximum absolute atomic E-state index is 12.5. The molecule has 0 N–H and O–H groups in total. The van der Waals surface area contributed by atoms with Gasteiger partial charge in [0, 0.05) is 5.56 Å². The van der Waals surface area contributed by atoms with Crippen molar-refractivity contribution in [2.75, 3.05) is 0 Å². The summed E-state index contributed by atoms with van der Waals surface area (Å²) in [6.45, 7) is 7.65. The number of amides is 2. The van der Waals surface area contributed by atoms with Crippen LogP contribution in [0.25, 0.3) is 0 Å². The van der Waals surface area contributed by atoms with Crippen LogP contribution in [0.15, 0.2) is 30.3 Å². The highest BCUT2D eigenvalue weighted by Crippen LogP contribution is 2.34. The van der Waals surface area contributed by atoms with Crippen molar-refractivity contribution in [1.29, 1.82) is 0 Å². The Hall–Kier alpha value is -1.84. The molecule has 1 heterocycles. The summed E-state index contributed by atoms with van der Waals surface area (Å²) in [5.41, 5.74) is -0.154. The first-order valence-electron chi connectivity index (χ1n) is 6.46. The molecule has 0 aliphatic carbocycles. The molecule has 1 aliphatic rings. The van der Waals surface area contributed by atoms with Gasteiger partial charge in [-0.05, 0) is 31.9 Å². The quantitative estimate of drug-likeness (QED) is 0.822. The third-order valence-electron chi connectivity index (χ3n) is 3.41. The Morgan fingerprint density at radius 3 is 2.37 bits per heavy atom. The van der Waals surface area contributed by atoms with Crippen molar-refractivity contribution >= 4 is 12.0 Å². The van der Waals surface area contributed by atoms with Gasteiger partial charge in [-0.1, -0.05) is 32.0 Å². The first-order valence-corrected chi connectivity index (χ1v) is 6.46. The van der Waals surface area contributed by atoms with E-state index >= 15 is 0 Å². The van der Waals surface area contributed by atoms with Gasteiger partial charge in [-0.3, -0.25) is 4.79 Å². The van der Waals surface area contributed by atoms with Crippen LogP contribution in [0.2, 0.25) is 0 Å². The van der Waals surface area contributed by atoms with Gasteiger partial charge < -0.3 is 4.74 Å². The Morgan fingerprint density at radius 2 is 1.84 bits per heavy atom. The van der Waals surface area contributed by atoms with E-state index in [1.165, 1.54) is 4.90 Å². The second-order valence-corrected chi connectivity index (χ2v) is 5.70. The van der Waals surface area contributed by atoms with Gasteiger partial charge in [-0.25, -0.2) is 9.69 Å². The summed E-state index contributed by atoms with van der Waals surface area (Å²) in [5, 5.41) is 0. The molecule has 1 aromatic carbocycles. The predicted octanol–water partition coefficient (Wildman–Crippen LogP) is 3.08. The molecule has 1 aromatic rings. The molecule has 2 amide bonds. The van der Waals surface area contributed by atoms with Crippen LogP contribution >= 0.6 is 0 Å². The zero-order chi connectivity index (χ0) is 14.2. The third kappa shape index (κ3) is 2.35. The summed E-state index contributed by atoms with van der Waals surface area (Å²) in [7, 11) is 0. The topological polar surface area (TPSA) is 46.6 Å². The van der Waals surface area contributed by atoms with Gasteiger partial charge in [0.2, 0.25) is 0 Å². The Balaban J connectivity index is 2.37. The second-order valence-electron chi connectivity index (χ2n) is 5.70. The van der Waals surface area contributed by atoms with Crippen LogP contribution in [-0.2, 0) is 4.74 Å². The summed E-state index contributed by atoms with van der Waals surface area (Å²) < 4.78 is 5.34. The van der Waals surface area contributed by atoms with E-state index in [9.17, 15) is 9.59 Å². The molecular weight excluding hydrogens is 242 g/mol. The lowest BCUT2D eigenvalue weighted by Gasteiger charge is -2.30. The number of cyclic esters (lactones) is 1. The van der Waals surface area contributed by atoms with E-state index < -0.39 is 11.7 Å². The van der Waals surface area contributed by atoms with Crippen LogP contribution in [0, 0.1) is 5.92 Å². The first-order chi connectivity index (χ1) is 8.84. The van der Waals surface area contributed by atoms with Crippen LogP contribution in [0.1, 0.15) is 38.1 Å². The molecule has 102 valence electrons. The zero-order valence-corrected chi connectivity index (χ0v) is 11.7.